The molecule has 1 amide bonds. The van der Waals surface area contributed by atoms with E-state index in [4.69, 9.17) is 0 Å². The maximum Gasteiger partial charge on any atom is 0.315 e. The first-order valence-electron chi connectivity index (χ1n) is 7.51. The third-order valence-corrected chi connectivity index (χ3v) is 4.16. The second kappa shape index (κ2) is 7.81. The summed E-state index contributed by atoms with van der Waals surface area (Å²) in [5, 5.41) is 12.5. The van der Waals surface area contributed by atoms with Crippen LogP contribution in [0.3, 0.4) is 0 Å². The van der Waals surface area contributed by atoms with Gasteiger partial charge in [0.1, 0.15) is 5.41 Å². The number of carboxylic acids is 1. The van der Waals surface area contributed by atoms with Crippen molar-refractivity contribution in [1.82, 2.24) is 5.32 Å². The van der Waals surface area contributed by atoms with Gasteiger partial charge in [0, 0.05) is 13.0 Å². The average molecular weight is 291 g/mol. The predicted molar refractivity (Wildman–Crippen MR) is 83.1 cm³/mol. The molecule has 116 valence electrons. The van der Waals surface area contributed by atoms with Crippen molar-refractivity contribution in [2.45, 2.75) is 45.4 Å². The lowest BCUT2D eigenvalue weighted by molar-refractivity contribution is -0.144. The molecule has 0 spiro atoms. The van der Waals surface area contributed by atoms with E-state index < -0.39 is 11.4 Å². The second-order valence-electron chi connectivity index (χ2n) is 5.60. The number of rotatable bonds is 8. The molecular weight excluding hydrogens is 266 g/mol. The fourth-order valence-electron chi connectivity index (χ4n) is 2.32. The molecule has 2 atom stereocenters. The molecule has 0 bridgehead atoms. The molecule has 1 rings (SSSR count). The van der Waals surface area contributed by atoms with E-state index in [1.165, 1.54) is 0 Å². The third-order valence-electron chi connectivity index (χ3n) is 4.16. The zero-order chi connectivity index (χ0) is 15.9. The highest BCUT2D eigenvalue weighted by molar-refractivity contribution is 5.83. The van der Waals surface area contributed by atoms with E-state index >= 15 is 0 Å². The Hall–Kier alpha value is -1.84. The van der Waals surface area contributed by atoms with Crippen molar-refractivity contribution in [2.24, 2.45) is 5.92 Å². The lowest BCUT2D eigenvalue weighted by atomic mass is 9.78. The van der Waals surface area contributed by atoms with Crippen LogP contribution in [0.15, 0.2) is 30.3 Å². The summed E-state index contributed by atoms with van der Waals surface area (Å²) < 4.78 is 0. The van der Waals surface area contributed by atoms with E-state index in [1.54, 1.807) is 12.1 Å². The van der Waals surface area contributed by atoms with Crippen LogP contribution >= 0.6 is 0 Å². The van der Waals surface area contributed by atoms with Crippen molar-refractivity contribution in [2.75, 3.05) is 6.54 Å². The molecule has 4 heteroatoms. The molecule has 0 aliphatic carbocycles. The van der Waals surface area contributed by atoms with Gasteiger partial charge in [-0.05, 0) is 17.9 Å². The molecule has 0 fully saturated rings. The molecule has 4 nitrogen and oxygen atoms in total. The van der Waals surface area contributed by atoms with Gasteiger partial charge in [-0.3, -0.25) is 9.59 Å². The number of carboxylic acid groups (broad SMARTS) is 1. The Morgan fingerprint density at radius 2 is 1.86 bits per heavy atom. The summed E-state index contributed by atoms with van der Waals surface area (Å²) in [6, 6.07) is 9.11. The molecule has 0 heterocycles. The molecule has 0 aromatic heterocycles. The largest absolute Gasteiger partial charge is 0.481 e. The Morgan fingerprint density at radius 1 is 1.24 bits per heavy atom. The number of nitrogens with one attached hydrogen (secondary N) is 1. The Bertz CT molecular complexity index is 472. The van der Waals surface area contributed by atoms with E-state index in [9.17, 15) is 14.7 Å². The van der Waals surface area contributed by atoms with E-state index in [1.807, 2.05) is 39.0 Å². The molecular formula is C17H25NO3. The molecule has 1 aromatic carbocycles. The van der Waals surface area contributed by atoms with Gasteiger partial charge >= 0.3 is 5.97 Å². The Morgan fingerprint density at radius 3 is 2.33 bits per heavy atom. The molecule has 1 aromatic rings. The third kappa shape index (κ3) is 4.31. The minimum Gasteiger partial charge on any atom is -0.481 e. The van der Waals surface area contributed by atoms with Gasteiger partial charge in [0.25, 0.3) is 0 Å². The molecule has 0 aliphatic rings. The minimum absolute atomic E-state index is 0.0839. The molecule has 0 saturated heterocycles. The van der Waals surface area contributed by atoms with Gasteiger partial charge in [0.05, 0.1) is 0 Å². The monoisotopic (exact) mass is 291 g/mol. The maximum atomic E-state index is 11.9. The second-order valence-corrected chi connectivity index (χ2v) is 5.60. The van der Waals surface area contributed by atoms with Crippen LogP contribution < -0.4 is 5.32 Å². The Balaban J connectivity index is 2.86. The van der Waals surface area contributed by atoms with Crippen LogP contribution in [0.5, 0.6) is 0 Å². The summed E-state index contributed by atoms with van der Waals surface area (Å²) in [5.74, 6) is -0.679. The van der Waals surface area contributed by atoms with Gasteiger partial charge in [-0.2, -0.15) is 0 Å². The van der Waals surface area contributed by atoms with Crippen molar-refractivity contribution in [3.63, 3.8) is 0 Å². The highest BCUT2D eigenvalue weighted by Gasteiger charge is 2.38. The first-order chi connectivity index (χ1) is 9.96. The van der Waals surface area contributed by atoms with Crippen molar-refractivity contribution >= 4 is 11.9 Å². The van der Waals surface area contributed by atoms with Crippen LogP contribution in [0.2, 0.25) is 0 Å². The van der Waals surface area contributed by atoms with Gasteiger partial charge in [-0.1, -0.05) is 57.5 Å². The Kier molecular flexibility index (Phi) is 6.40. The quantitative estimate of drug-likeness (QED) is 0.774. The summed E-state index contributed by atoms with van der Waals surface area (Å²) in [7, 11) is 0. The molecule has 0 saturated carbocycles. The van der Waals surface area contributed by atoms with Crippen molar-refractivity contribution in [3.8, 4) is 0 Å². The molecule has 2 unspecified atom stereocenters. The van der Waals surface area contributed by atoms with Crippen LogP contribution in [-0.4, -0.2) is 23.5 Å². The van der Waals surface area contributed by atoms with E-state index in [2.05, 4.69) is 5.32 Å². The number of hydrogen-bond acceptors (Lipinski definition) is 2. The SMILES string of the molecule is CCC(C)CC(=O)NCC(CC)(C(=O)O)c1ccccc1. The van der Waals surface area contributed by atoms with Crippen LogP contribution in [0, 0.1) is 5.92 Å². The van der Waals surface area contributed by atoms with Crippen molar-refractivity contribution in [1.29, 1.82) is 0 Å². The molecule has 0 radical (unpaired) electrons. The smallest absolute Gasteiger partial charge is 0.315 e. The average Bonchev–Trinajstić information content (AvgIpc) is 2.49. The zero-order valence-corrected chi connectivity index (χ0v) is 13.1. The molecule has 21 heavy (non-hydrogen) atoms. The summed E-state index contributed by atoms with van der Waals surface area (Å²) in [5.41, 5.74) is -0.337. The van der Waals surface area contributed by atoms with Gasteiger partial charge in [-0.15, -0.1) is 0 Å². The molecule has 0 aliphatic heterocycles. The van der Waals surface area contributed by atoms with Gasteiger partial charge in [-0.25, -0.2) is 0 Å². The van der Waals surface area contributed by atoms with Crippen LogP contribution in [0.1, 0.15) is 45.6 Å². The van der Waals surface area contributed by atoms with Crippen molar-refractivity contribution in [3.05, 3.63) is 35.9 Å². The van der Waals surface area contributed by atoms with E-state index in [0.717, 1.165) is 12.0 Å². The van der Waals surface area contributed by atoms with Crippen molar-refractivity contribution < 1.29 is 14.7 Å². The fraction of sp³-hybridized carbons (Fsp3) is 0.529. The highest BCUT2D eigenvalue weighted by atomic mass is 16.4. The Labute approximate surface area is 126 Å². The minimum atomic E-state index is -1.06. The van der Waals surface area contributed by atoms with Gasteiger partial charge < -0.3 is 10.4 Å². The zero-order valence-electron chi connectivity index (χ0n) is 13.1. The summed E-state index contributed by atoms with van der Waals surface area (Å²) in [6.07, 6.45) is 1.80. The van der Waals surface area contributed by atoms with Crippen LogP contribution in [-0.2, 0) is 15.0 Å². The van der Waals surface area contributed by atoms with Crippen LogP contribution in [0.4, 0.5) is 0 Å². The summed E-state index contributed by atoms with van der Waals surface area (Å²) in [4.78, 5) is 23.7. The number of hydrogen-bond donors (Lipinski definition) is 2. The molecule has 2 N–H and O–H groups in total. The normalized spacial score (nSPS) is 15.0. The first-order valence-corrected chi connectivity index (χ1v) is 7.51. The number of amides is 1. The van der Waals surface area contributed by atoms with Gasteiger partial charge in [0.15, 0.2) is 0 Å². The van der Waals surface area contributed by atoms with Crippen LogP contribution in [0.25, 0.3) is 0 Å². The number of benzene rings is 1. The topological polar surface area (TPSA) is 66.4 Å². The van der Waals surface area contributed by atoms with E-state index in [0.29, 0.717) is 18.8 Å². The predicted octanol–water partition coefficient (Wildman–Crippen LogP) is 2.97. The summed E-state index contributed by atoms with van der Waals surface area (Å²) in [6.45, 7) is 6.01. The van der Waals surface area contributed by atoms with Gasteiger partial charge in [0.2, 0.25) is 5.91 Å². The number of carbonyl (C=O) groups is 2. The van der Waals surface area contributed by atoms with E-state index in [-0.39, 0.29) is 12.5 Å². The number of carbonyl (C=O) groups excluding carboxylic acids is 1. The maximum absolute atomic E-state index is 11.9. The lowest BCUT2D eigenvalue weighted by Gasteiger charge is -2.29. The lowest BCUT2D eigenvalue weighted by Crippen LogP contribution is -2.46. The number of aliphatic carboxylic acids is 1. The first kappa shape index (κ1) is 17.2. The fourth-order valence-corrected chi connectivity index (χ4v) is 2.32. The standard InChI is InChI=1S/C17H25NO3/c1-4-13(3)11-15(19)18-12-17(5-2,16(20)21)14-9-7-6-8-10-14/h6-10,13H,4-5,11-12H2,1-3H3,(H,18,19)(H,20,21). The highest BCUT2D eigenvalue weighted by Crippen LogP contribution is 2.28. The summed E-state index contributed by atoms with van der Waals surface area (Å²) >= 11 is 0.